The van der Waals surface area contributed by atoms with E-state index in [9.17, 15) is 9.67 Å². The Morgan fingerprint density at radius 1 is 1.29 bits per heavy atom. The van der Waals surface area contributed by atoms with Crippen molar-refractivity contribution in [3.8, 4) is 0 Å². The SMILES string of the molecule is O=P(O)(O)CC[C@@H]1C[C@H](O)[C@H](O)CO1. The molecule has 0 spiro atoms. The van der Waals surface area contributed by atoms with Gasteiger partial charge in [0.1, 0.15) is 6.10 Å². The number of aliphatic hydroxyl groups is 2. The van der Waals surface area contributed by atoms with E-state index in [0.29, 0.717) is 0 Å². The molecule has 1 heterocycles. The van der Waals surface area contributed by atoms with E-state index < -0.39 is 19.8 Å². The first-order valence-electron chi connectivity index (χ1n) is 4.41. The molecule has 1 aliphatic heterocycles. The van der Waals surface area contributed by atoms with Crippen LogP contribution in [0, 0.1) is 0 Å². The number of rotatable bonds is 3. The highest BCUT2D eigenvalue weighted by atomic mass is 31.2. The topological polar surface area (TPSA) is 107 Å². The van der Waals surface area contributed by atoms with Gasteiger partial charge in [-0.25, -0.2) is 0 Å². The third-order valence-electron chi connectivity index (χ3n) is 2.19. The maximum atomic E-state index is 10.5. The first-order valence-corrected chi connectivity index (χ1v) is 6.20. The summed E-state index contributed by atoms with van der Waals surface area (Å²) in [7, 11) is -3.99. The fraction of sp³-hybridized carbons (Fsp3) is 1.00. The van der Waals surface area contributed by atoms with Gasteiger partial charge >= 0.3 is 7.60 Å². The highest BCUT2D eigenvalue weighted by molar-refractivity contribution is 7.51. The highest BCUT2D eigenvalue weighted by Crippen LogP contribution is 2.36. The van der Waals surface area contributed by atoms with Crippen molar-refractivity contribution in [2.45, 2.75) is 31.2 Å². The average Bonchev–Trinajstić information content (AvgIpc) is 2.06. The summed E-state index contributed by atoms with van der Waals surface area (Å²) in [4.78, 5) is 17.2. The summed E-state index contributed by atoms with van der Waals surface area (Å²) < 4.78 is 15.6. The number of hydrogen-bond acceptors (Lipinski definition) is 4. The molecule has 6 nitrogen and oxygen atoms in total. The molecule has 0 amide bonds. The summed E-state index contributed by atoms with van der Waals surface area (Å²) in [6.45, 7) is 0.0208. The first kappa shape index (κ1) is 12.1. The van der Waals surface area contributed by atoms with Crippen LogP contribution in [0.2, 0.25) is 0 Å². The van der Waals surface area contributed by atoms with E-state index in [-0.39, 0.29) is 31.7 Å². The van der Waals surface area contributed by atoms with Crippen molar-refractivity contribution in [3.63, 3.8) is 0 Å². The summed E-state index contributed by atoms with van der Waals surface area (Å²) >= 11 is 0. The summed E-state index contributed by atoms with van der Waals surface area (Å²) in [6.07, 6.45) is -1.94. The van der Waals surface area contributed by atoms with Crippen LogP contribution in [0.5, 0.6) is 0 Å². The molecule has 0 bridgehead atoms. The molecular formula is C7H15O6P. The summed E-state index contributed by atoms with van der Waals surface area (Å²) in [6, 6.07) is 0. The van der Waals surface area contributed by atoms with Crippen molar-refractivity contribution in [2.24, 2.45) is 0 Å². The van der Waals surface area contributed by atoms with Crippen LogP contribution in [-0.4, -0.2) is 51.1 Å². The second-order valence-electron chi connectivity index (χ2n) is 3.50. The van der Waals surface area contributed by atoms with E-state index in [1.165, 1.54) is 0 Å². The van der Waals surface area contributed by atoms with Gasteiger partial charge in [-0.3, -0.25) is 4.57 Å². The largest absolute Gasteiger partial charge is 0.390 e. The van der Waals surface area contributed by atoms with E-state index in [1.54, 1.807) is 0 Å². The lowest BCUT2D eigenvalue weighted by atomic mass is 10.0. The predicted molar refractivity (Wildman–Crippen MR) is 47.9 cm³/mol. The number of aliphatic hydroxyl groups excluding tert-OH is 2. The number of ether oxygens (including phenoxy) is 1. The van der Waals surface area contributed by atoms with E-state index in [4.69, 9.17) is 19.6 Å². The molecule has 0 saturated carbocycles. The molecule has 14 heavy (non-hydrogen) atoms. The Morgan fingerprint density at radius 2 is 1.93 bits per heavy atom. The summed E-state index contributed by atoms with van der Waals surface area (Å²) in [5, 5.41) is 18.3. The normalized spacial score (nSPS) is 34.4. The van der Waals surface area contributed by atoms with Crippen molar-refractivity contribution in [3.05, 3.63) is 0 Å². The second-order valence-corrected chi connectivity index (χ2v) is 5.28. The quantitative estimate of drug-likeness (QED) is 0.463. The van der Waals surface area contributed by atoms with Crippen LogP contribution < -0.4 is 0 Å². The molecule has 4 N–H and O–H groups in total. The van der Waals surface area contributed by atoms with Gasteiger partial charge in [0.05, 0.1) is 25.0 Å². The van der Waals surface area contributed by atoms with Crippen LogP contribution >= 0.6 is 7.60 Å². The van der Waals surface area contributed by atoms with Crippen LogP contribution in [0.1, 0.15) is 12.8 Å². The number of hydrogen-bond donors (Lipinski definition) is 4. The van der Waals surface area contributed by atoms with Crippen LogP contribution in [0.4, 0.5) is 0 Å². The molecule has 0 aromatic heterocycles. The van der Waals surface area contributed by atoms with Gasteiger partial charge in [0.15, 0.2) is 0 Å². The van der Waals surface area contributed by atoms with Crippen LogP contribution in [0.3, 0.4) is 0 Å². The van der Waals surface area contributed by atoms with Gasteiger partial charge in [-0.05, 0) is 6.42 Å². The Morgan fingerprint density at radius 3 is 2.43 bits per heavy atom. The van der Waals surface area contributed by atoms with Crippen LogP contribution in [-0.2, 0) is 9.30 Å². The Hall–Kier alpha value is 0.0300. The average molecular weight is 226 g/mol. The van der Waals surface area contributed by atoms with Crippen molar-refractivity contribution >= 4 is 7.60 Å². The van der Waals surface area contributed by atoms with E-state index in [2.05, 4.69) is 0 Å². The lowest BCUT2D eigenvalue weighted by Gasteiger charge is -2.30. The molecule has 1 rings (SSSR count). The summed E-state index contributed by atoms with van der Waals surface area (Å²) in [5.74, 6) is 0. The minimum absolute atomic E-state index is 0.0208. The molecule has 0 aliphatic carbocycles. The maximum absolute atomic E-state index is 10.5. The zero-order valence-corrected chi connectivity index (χ0v) is 8.51. The van der Waals surface area contributed by atoms with Crippen molar-refractivity contribution < 1.29 is 29.3 Å². The van der Waals surface area contributed by atoms with Gasteiger partial charge in [0.2, 0.25) is 0 Å². The fourth-order valence-electron chi connectivity index (χ4n) is 1.35. The molecule has 84 valence electrons. The lowest BCUT2D eigenvalue weighted by molar-refractivity contribution is -0.121. The molecule has 0 aromatic rings. The first-order chi connectivity index (χ1) is 6.38. The van der Waals surface area contributed by atoms with E-state index >= 15 is 0 Å². The van der Waals surface area contributed by atoms with Crippen molar-refractivity contribution in [1.82, 2.24) is 0 Å². The van der Waals surface area contributed by atoms with Gasteiger partial charge < -0.3 is 24.7 Å². The van der Waals surface area contributed by atoms with Gasteiger partial charge in [-0.2, -0.15) is 0 Å². The zero-order chi connectivity index (χ0) is 10.8. The Labute approximate surface area is 81.7 Å². The highest BCUT2D eigenvalue weighted by Gasteiger charge is 2.29. The molecular weight excluding hydrogens is 211 g/mol. The van der Waals surface area contributed by atoms with Crippen molar-refractivity contribution in [1.29, 1.82) is 0 Å². The smallest absolute Gasteiger partial charge is 0.325 e. The van der Waals surface area contributed by atoms with E-state index in [0.717, 1.165) is 0 Å². The third kappa shape index (κ3) is 4.04. The minimum atomic E-state index is -3.99. The third-order valence-corrected chi connectivity index (χ3v) is 3.03. The molecule has 1 aliphatic rings. The minimum Gasteiger partial charge on any atom is -0.390 e. The lowest BCUT2D eigenvalue weighted by Crippen LogP contribution is -2.41. The monoisotopic (exact) mass is 226 g/mol. The Balaban J connectivity index is 2.30. The molecule has 7 heteroatoms. The molecule has 0 radical (unpaired) electrons. The Kier molecular flexibility index (Phi) is 4.06. The maximum Gasteiger partial charge on any atom is 0.325 e. The molecule has 0 unspecified atom stereocenters. The van der Waals surface area contributed by atoms with Crippen LogP contribution in [0.15, 0.2) is 0 Å². The van der Waals surface area contributed by atoms with E-state index in [1.807, 2.05) is 0 Å². The van der Waals surface area contributed by atoms with Gasteiger partial charge in [0, 0.05) is 6.42 Å². The fourth-order valence-corrected chi connectivity index (χ4v) is 1.98. The zero-order valence-electron chi connectivity index (χ0n) is 7.61. The van der Waals surface area contributed by atoms with Gasteiger partial charge in [-0.15, -0.1) is 0 Å². The Bertz CT molecular complexity index is 226. The molecule has 1 fully saturated rings. The second kappa shape index (κ2) is 4.70. The molecule has 3 atom stereocenters. The van der Waals surface area contributed by atoms with Gasteiger partial charge in [0.25, 0.3) is 0 Å². The van der Waals surface area contributed by atoms with Crippen molar-refractivity contribution in [2.75, 3.05) is 12.8 Å². The molecule has 1 saturated heterocycles. The summed E-state index contributed by atoms with van der Waals surface area (Å²) in [5.41, 5.74) is 0. The van der Waals surface area contributed by atoms with Crippen LogP contribution in [0.25, 0.3) is 0 Å². The standard InChI is InChI=1S/C7H15O6P/c8-6-3-5(13-4-7(6)9)1-2-14(10,11)12/h5-9H,1-4H2,(H2,10,11,12)/t5-,6+,7-/m1/s1. The molecule has 0 aromatic carbocycles. The predicted octanol–water partition coefficient (Wildman–Crippen LogP) is -0.935. The van der Waals surface area contributed by atoms with Gasteiger partial charge in [-0.1, -0.05) is 0 Å².